The van der Waals surface area contributed by atoms with Crippen LogP contribution in [0, 0.1) is 5.92 Å². The van der Waals surface area contributed by atoms with E-state index in [0.29, 0.717) is 19.6 Å². The van der Waals surface area contributed by atoms with Crippen molar-refractivity contribution < 1.29 is 14.7 Å². The topological polar surface area (TPSA) is 60.9 Å². The van der Waals surface area contributed by atoms with E-state index in [0.717, 1.165) is 0 Å². The van der Waals surface area contributed by atoms with Gasteiger partial charge in [-0.05, 0) is 18.1 Å². The third-order valence-electron chi connectivity index (χ3n) is 3.68. The Balaban J connectivity index is 2.02. The van der Waals surface area contributed by atoms with Crippen molar-refractivity contribution in [2.75, 3.05) is 13.1 Å². The van der Waals surface area contributed by atoms with Crippen molar-refractivity contribution in [3.05, 3.63) is 35.4 Å². The third kappa shape index (κ3) is 2.92. The molecule has 2 amide bonds. The van der Waals surface area contributed by atoms with Crippen molar-refractivity contribution in [2.24, 2.45) is 5.92 Å². The second-order valence-electron chi connectivity index (χ2n) is 5.19. The summed E-state index contributed by atoms with van der Waals surface area (Å²) < 4.78 is 0. The number of carbonyl (C=O) groups excluding carboxylic acids is 1. The molecule has 0 bridgehead atoms. The summed E-state index contributed by atoms with van der Waals surface area (Å²) in [6.45, 7) is 5.47. The van der Waals surface area contributed by atoms with Gasteiger partial charge < -0.3 is 14.9 Å². The molecule has 5 nitrogen and oxygen atoms in total. The van der Waals surface area contributed by atoms with Crippen molar-refractivity contribution in [1.82, 2.24) is 9.80 Å². The fourth-order valence-electron chi connectivity index (χ4n) is 2.42. The van der Waals surface area contributed by atoms with Crippen LogP contribution in [0.1, 0.15) is 25.0 Å². The first-order chi connectivity index (χ1) is 9.52. The summed E-state index contributed by atoms with van der Waals surface area (Å²) in [7, 11) is 0. The molecule has 1 heterocycles. The number of nitrogens with zero attached hydrogens (tertiary/aromatic N) is 2. The van der Waals surface area contributed by atoms with Gasteiger partial charge in [0.15, 0.2) is 0 Å². The van der Waals surface area contributed by atoms with Crippen molar-refractivity contribution >= 4 is 12.0 Å². The largest absolute Gasteiger partial charge is 0.481 e. The van der Waals surface area contributed by atoms with Crippen molar-refractivity contribution in [2.45, 2.75) is 26.9 Å². The number of amides is 2. The van der Waals surface area contributed by atoms with Gasteiger partial charge in [0.2, 0.25) is 0 Å². The number of hydrogen-bond donors (Lipinski definition) is 1. The van der Waals surface area contributed by atoms with Crippen LogP contribution in [-0.2, 0) is 17.9 Å². The van der Waals surface area contributed by atoms with E-state index in [2.05, 4.69) is 0 Å². The molecule has 0 spiro atoms. The molecule has 1 aliphatic rings. The molecule has 0 fully saturated rings. The summed E-state index contributed by atoms with van der Waals surface area (Å²) in [6.07, 6.45) is 0. The van der Waals surface area contributed by atoms with Crippen LogP contribution in [0.25, 0.3) is 0 Å². The molecule has 1 aromatic carbocycles. The number of carboxylic acids is 1. The van der Waals surface area contributed by atoms with E-state index in [1.54, 1.807) is 16.7 Å². The van der Waals surface area contributed by atoms with E-state index >= 15 is 0 Å². The molecule has 0 radical (unpaired) electrons. The first-order valence-electron chi connectivity index (χ1n) is 6.86. The minimum Gasteiger partial charge on any atom is -0.481 e. The Labute approximate surface area is 118 Å². The Morgan fingerprint density at radius 3 is 2.30 bits per heavy atom. The normalized spacial score (nSPS) is 14.8. The van der Waals surface area contributed by atoms with E-state index in [1.165, 1.54) is 11.1 Å². The average molecular weight is 276 g/mol. The van der Waals surface area contributed by atoms with Gasteiger partial charge in [0.1, 0.15) is 0 Å². The molecular weight excluding hydrogens is 256 g/mol. The zero-order valence-corrected chi connectivity index (χ0v) is 11.9. The number of carboxylic acid groups (broad SMARTS) is 1. The summed E-state index contributed by atoms with van der Waals surface area (Å²) in [5, 5.41) is 8.96. The van der Waals surface area contributed by atoms with Crippen LogP contribution in [0.15, 0.2) is 24.3 Å². The summed E-state index contributed by atoms with van der Waals surface area (Å²) in [5.41, 5.74) is 2.34. The molecule has 0 aliphatic carbocycles. The Bertz CT molecular complexity index is 491. The van der Waals surface area contributed by atoms with Crippen LogP contribution in [0.5, 0.6) is 0 Å². The van der Waals surface area contributed by atoms with Gasteiger partial charge in [-0.2, -0.15) is 0 Å². The average Bonchev–Trinajstić information content (AvgIpc) is 2.87. The first-order valence-corrected chi connectivity index (χ1v) is 6.86. The Hall–Kier alpha value is -2.04. The van der Waals surface area contributed by atoms with Crippen LogP contribution in [-0.4, -0.2) is 40.0 Å². The maximum Gasteiger partial charge on any atom is 0.320 e. The highest BCUT2D eigenvalue weighted by molar-refractivity contribution is 5.76. The van der Waals surface area contributed by atoms with Gasteiger partial charge in [-0.3, -0.25) is 4.79 Å². The van der Waals surface area contributed by atoms with Gasteiger partial charge in [-0.25, -0.2) is 4.79 Å². The van der Waals surface area contributed by atoms with E-state index in [4.69, 9.17) is 5.11 Å². The Morgan fingerprint density at radius 2 is 1.85 bits per heavy atom. The summed E-state index contributed by atoms with van der Waals surface area (Å²) in [4.78, 5) is 26.8. The van der Waals surface area contributed by atoms with Crippen LogP contribution < -0.4 is 0 Å². The van der Waals surface area contributed by atoms with Gasteiger partial charge in [-0.15, -0.1) is 0 Å². The number of urea groups is 1. The van der Waals surface area contributed by atoms with Gasteiger partial charge in [0, 0.05) is 26.2 Å². The lowest BCUT2D eigenvalue weighted by Gasteiger charge is -2.28. The smallest absolute Gasteiger partial charge is 0.320 e. The lowest BCUT2D eigenvalue weighted by Crippen LogP contribution is -2.43. The van der Waals surface area contributed by atoms with Gasteiger partial charge in [0.25, 0.3) is 0 Å². The number of fused-ring (bicyclic) bond motifs is 1. The number of benzene rings is 1. The third-order valence-corrected chi connectivity index (χ3v) is 3.68. The van der Waals surface area contributed by atoms with Crippen LogP contribution in [0.3, 0.4) is 0 Å². The SMILES string of the molecule is CCN(CC(C)C(=O)O)C(=O)N1Cc2ccccc2C1. The molecule has 1 aromatic rings. The number of carbonyl (C=O) groups is 2. The molecule has 2 rings (SSSR count). The predicted molar refractivity (Wildman–Crippen MR) is 75.1 cm³/mol. The van der Waals surface area contributed by atoms with Crippen molar-refractivity contribution in [3.8, 4) is 0 Å². The molecule has 0 saturated carbocycles. The first kappa shape index (κ1) is 14.4. The lowest BCUT2D eigenvalue weighted by atomic mass is 10.1. The lowest BCUT2D eigenvalue weighted by molar-refractivity contribution is -0.141. The number of rotatable bonds is 4. The second-order valence-corrected chi connectivity index (χ2v) is 5.19. The van der Waals surface area contributed by atoms with Crippen LogP contribution in [0.4, 0.5) is 4.79 Å². The molecule has 108 valence electrons. The standard InChI is InChI=1S/C15H20N2O3/c1-3-16(8-11(2)14(18)19)15(20)17-9-12-6-4-5-7-13(12)10-17/h4-7,11H,3,8-10H2,1-2H3,(H,18,19). The molecular formula is C15H20N2O3. The fourth-order valence-corrected chi connectivity index (χ4v) is 2.42. The van der Waals surface area contributed by atoms with Crippen molar-refractivity contribution in [3.63, 3.8) is 0 Å². The summed E-state index contributed by atoms with van der Waals surface area (Å²) >= 11 is 0. The van der Waals surface area contributed by atoms with Crippen molar-refractivity contribution in [1.29, 1.82) is 0 Å². The maximum absolute atomic E-state index is 12.5. The zero-order chi connectivity index (χ0) is 14.7. The Kier molecular flexibility index (Phi) is 4.27. The molecule has 0 aromatic heterocycles. The predicted octanol–water partition coefficient (Wildman–Crippen LogP) is 2.16. The minimum absolute atomic E-state index is 0.0863. The minimum atomic E-state index is -0.874. The van der Waals surface area contributed by atoms with Crippen LogP contribution in [0.2, 0.25) is 0 Å². The van der Waals surface area contributed by atoms with E-state index < -0.39 is 11.9 Å². The zero-order valence-electron chi connectivity index (χ0n) is 11.9. The van der Waals surface area contributed by atoms with E-state index in [9.17, 15) is 9.59 Å². The molecule has 1 aliphatic heterocycles. The van der Waals surface area contributed by atoms with E-state index in [1.807, 2.05) is 31.2 Å². The highest BCUT2D eigenvalue weighted by atomic mass is 16.4. The fraction of sp³-hybridized carbons (Fsp3) is 0.467. The van der Waals surface area contributed by atoms with Gasteiger partial charge in [-0.1, -0.05) is 31.2 Å². The van der Waals surface area contributed by atoms with Gasteiger partial charge >= 0.3 is 12.0 Å². The summed E-state index contributed by atoms with van der Waals surface area (Å²) in [6, 6.07) is 7.91. The van der Waals surface area contributed by atoms with Gasteiger partial charge in [0.05, 0.1) is 5.92 Å². The molecule has 1 N–H and O–H groups in total. The monoisotopic (exact) mass is 276 g/mol. The molecule has 20 heavy (non-hydrogen) atoms. The molecule has 1 unspecified atom stereocenters. The number of hydrogen-bond acceptors (Lipinski definition) is 2. The maximum atomic E-state index is 12.5. The Morgan fingerprint density at radius 1 is 1.30 bits per heavy atom. The van der Waals surface area contributed by atoms with Crippen LogP contribution >= 0.6 is 0 Å². The number of aliphatic carboxylic acids is 1. The molecule has 0 saturated heterocycles. The molecule has 5 heteroatoms. The summed E-state index contributed by atoms with van der Waals surface area (Å²) in [5.74, 6) is -1.43. The van der Waals surface area contributed by atoms with E-state index in [-0.39, 0.29) is 12.6 Å². The highest BCUT2D eigenvalue weighted by Gasteiger charge is 2.27. The highest BCUT2D eigenvalue weighted by Crippen LogP contribution is 2.23. The quantitative estimate of drug-likeness (QED) is 0.916. The second kappa shape index (κ2) is 5.94. The molecule has 1 atom stereocenters.